The van der Waals surface area contributed by atoms with Gasteiger partial charge in [-0.1, -0.05) is 12.1 Å². The number of rotatable bonds is 3. The lowest BCUT2D eigenvalue weighted by Crippen LogP contribution is -2.08. The van der Waals surface area contributed by atoms with Crippen molar-refractivity contribution in [1.82, 2.24) is 15.3 Å². The summed E-state index contributed by atoms with van der Waals surface area (Å²) in [5, 5.41) is 3.36. The second kappa shape index (κ2) is 4.82. The Labute approximate surface area is 106 Å². The van der Waals surface area contributed by atoms with Crippen LogP contribution in [-0.4, -0.2) is 30.2 Å². The monoisotopic (exact) mass is 243 g/mol. The first kappa shape index (κ1) is 11.3. The zero-order valence-electron chi connectivity index (χ0n) is 10.4. The molecule has 0 amide bonds. The van der Waals surface area contributed by atoms with E-state index in [1.54, 1.807) is 7.11 Å². The van der Waals surface area contributed by atoms with Gasteiger partial charge < -0.3 is 15.0 Å². The molecule has 4 heteroatoms. The van der Waals surface area contributed by atoms with Crippen LogP contribution in [0.5, 0.6) is 5.75 Å². The van der Waals surface area contributed by atoms with Crippen LogP contribution in [0.2, 0.25) is 0 Å². The van der Waals surface area contributed by atoms with Crippen molar-refractivity contribution in [3.63, 3.8) is 0 Å². The fraction of sp³-hybridized carbons (Fsp3) is 0.357. The van der Waals surface area contributed by atoms with Gasteiger partial charge in [0, 0.05) is 18.0 Å². The predicted octanol–water partition coefficient (Wildman–Crippen LogP) is 2.16. The van der Waals surface area contributed by atoms with Crippen molar-refractivity contribution in [3.8, 4) is 17.0 Å². The second-order valence-electron chi connectivity index (χ2n) is 4.60. The first-order chi connectivity index (χ1) is 8.86. The average molecular weight is 243 g/mol. The van der Waals surface area contributed by atoms with Crippen LogP contribution >= 0.6 is 0 Å². The fourth-order valence-corrected chi connectivity index (χ4v) is 2.37. The molecule has 0 aliphatic carbocycles. The summed E-state index contributed by atoms with van der Waals surface area (Å²) in [7, 11) is 1.68. The van der Waals surface area contributed by atoms with Gasteiger partial charge in [-0.2, -0.15) is 0 Å². The quantitative estimate of drug-likeness (QED) is 0.868. The minimum atomic E-state index is 0.518. The first-order valence-corrected chi connectivity index (χ1v) is 6.27. The van der Waals surface area contributed by atoms with Crippen molar-refractivity contribution >= 4 is 0 Å². The Morgan fingerprint density at radius 2 is 2.33 bits per heavy atom. The Hall–Kier alpha value is -1.81. The molecule has 1 aromatic carbocycles. The number of benzene rings is 1. The molecule has 2 aromatic rings. The van der Waals surface area contributed by atoms with E-state index < -0.39 is 0 Å². The van der Waals surface area contributed by atoms with Crippen LogP contribution in [0.15, 0.2) is 30.5 Å². The minimum Gasteiger partial charge on any atom is -0.497 e. The van der Waals surface area contributed by atoms with Crippen LogP contribution in [0.3, 0.4) is 0 Å². The normalized spacial score (nSPS) is 19.1. The highest BCUT2D eigenvalue weighted by Gasteiger charge is 2.19. The maximum atomic E-state index is 5.24. The van der Waals surface area contributed by atoms with Crippen molar-refractivity contribution in [2.45, 2.75) is 12.3 Å². The molecule has 1 fully saturated rings. The van der Waals surface area contributed by atoms with Gasteiger partial charge in [-0.3, -0.25) is 0 Å². The van der Waals surface area contributed by atoms with Gasteiger partial charge in [-0.25, -0.2) is 4.98 Å². The highest BCUT2D eigenvalue weighted by atomic mass is 16.5. The molecular weight excluding hydrogens is 226 g/mol. The average Bonchev–Trinajstić information content (AvgIpc) is 3.09. The summed E-state index contributed by atoms with van der Waals surface area (Å²) in [5.41, 5.74) is 2.16. The molecule has 0 bridgehead atoms. The lowest BCUT2D eigenvalue weighted by molar-refractivity contribution is 0.415. The number of aromatic amines is 1. The summed E-state index contributed by atoms with van der Waals surface area (Å²) in [6.45, 7) is 2.10. The zero-order chi connectivity index (χ0) is 12.4. The van der Waals surface area contributed by atoms with Crippen LogP contribution in [0.1, 0.15) is 18.2 Å². The molecule has 2 N–H and O–H groups in total. The Bertz CT molecular complexity index is 529. The molecule has 1 aromatic heterocycles. The summed E-state index contributed by atoms with van der Waals surface area (Å²) in [5.74, 6) is 2.47. The number of imidazole rings is 1. The van der Waals surface area contributed by atoms with Gasteiger partial charge in [0.15, 0.2) is 0 Å². The van der Waals surface area contributed by atoms with Gasteiger partial charge in [0.2, 0.25) is 0 Å². The molecule has 1 unspecified atom stereocenters. The van der Waals surface area contributed by atoms with E-state index >= 15 is 0 Å². The molecule has 1 atom stereocenters. The maximum Gasteiger partial charge on any atom is 0.119 e. The predicted molar refractivity (Wildman–Crippen MR) is 70.8 cm³/mol. The van der Waals surface area contributed by atoms with Crippen LogP contribution in [0.4, 0.5) is 0 Å². The summed E-state index contributed by atoms with van der Waals surface area (Å²) in [4.78, 5) is 7.91. The van der Waals surface area contributed by atoms with Crippen molar-refractivity contribution in [2.75, 3.05) is 20.2 Å². The van der Waals surface area contributed by atoms with E-state index in [2.05, 4.69) is 21.4 Å². The van der Waals surface area contributed by atoms with E-state index in [4.69, 9.17) is 4.74 Å². The third-order valence-corrected chi connectivity index (χ3v) is 3.42. The first-order valence-electron chi connectivity index (χ1n) is 6.27. The number of H-pyrrole nitrogens is 1. The molecule has 94 valence electrons. The van der Waals surface area contributed by atoms with Crippen LogP contribution in [0.25, 0.3) is 11.3 Å². The highest BCUT2D eigenvalue weighted by Crippen LogP contribution is 2.25. The number of nitrogens with one attached hydrogen (secondary N) is 2. The maximum absolute atomic E-state index is 5.24. The van der Waals surface area contributed by atoms with E-state index in [1.807, 2.05) is 24.4 Å². The third-order valence-electron chi connectivity index (χ3n) is 3.42. The third kappa shape index (κ3) is 2.11. The fourth-order valence-electron chi connectivity index (χ4n) is 2.37. The molecule has 3 rings (SSSR count). The van der Waals surface area contributed by atoms with Crippen molar-refractivity contribution in [1.29, 1.82) is 0 Å². The van der Waals surface area contributed by atoms with Gasteiger partial charge in [0.25, 0.3) is 0 Å². The molecule has 0 radical (unpaired) electrons. The smallest absolute Gasteiger partial charge is 0.119 e. The van der Waals surface area contributed by atoms with Crippen molar-refractivity contribution in [2.24, 2.45) is 0 Å². The van der Waals surface area contributed by atoms with Crippen LogP contribution < -0.4 is 10.1 Å². The number of ether oxygens (including phenoxy) is 1. The number of hydrogen-bond donors (Lipinski definition) is 2. The molecule has 2 heterocycles. The van der Waals surface area contributed by atoms with E-state index in [-0.39, 0.29) is 0 Å². The molecule has 0 saturated carbocycles. The molecule has 1 aliphatic heterocycles. The van der Waals surface area contributed by atoms with Gasteiger partial charge in [-0.15, -0.1) is 0 Å². The van der Waals surface area contributed by atoms with Crippen LogP contribution in [0, 0.1) is 0 Å². The van der Waals surface area contributed by atoms with Gasteiger partial charge in [-0.05, 0) is 25.1 Å². The number of aromatic nitrogens is 2. The second-order valence-corrected chi connectivity index (χ2v) is 4.60. The lowest BCUT2D eigenvalue weighted by Gasteiger charge is -2.04. The molecule has 18 heavy (non-hydrogen) atoms. The standard InChI is InChI=1S/C14H17N3O/c1-18-12-4-2-3-10(7-12)13-9-16-14(17-13)11-5-6-15-8-11/h2-4,7,9,11,15H,5-6,8H2,1H3,(H,16,17). The van der Waals surface area contributed by atoms with Gasteiger partial charge in [0.1, 0.15) is 11.6 Å². The number of hydrogen-bond acceptors (Lipinski definition) is 3. The topological polar surface area (TPSA) is 49.9 Å². The van der Waals surface area contributed by atoms with E-state index in [9.17, 15) is 0 Å². The Balaban J connectivity index is 1.87. The van der Waals surface area contributed by atoms with Gasteiger partial charge in [0.05, 0.1) is 19.0 Å². The molecular formula is C14H17N3O. The van der Waals surface area contributed by atoms with E-state index in [1.165, 1.54) is 0 Å². The van der Waals surface area contributed by atoms with Crippen molar-refractivity contribution in [3.05, 3.63) is 36.3 Å². The molecule has 1 aliphatic rings. The lowest BCUT2D eigenvalue weighted by atomic mass is 10.1. The van der Waals surface area contributed by atoms with E-state index in [0.717, 1.165) is 42.3 Å². The van der Waals surface area contributed by atoms with E-state index in [0.29, 0.717) is 5.92 Å². The zero-order valence-corrected chi connectivity index (χ0v) is 10.4. The summed E-state index contributed by atoms with van der Waals surface area (Å²) >= 11 is 0. The van der Waals surface area contributed by atoms with Crippen molar-refractivity contribution < 1.29 is 4.74 Å². The summed E-state index contributed by atoms with van der Waals surface area (Å²) in [6.07, 6.45) is 3.06. The highest BCUT2D eigenvalue weighted by molar-refractivity contribution is 5.60. The van der Waals surface area contributed by atoms with Crippen LogP contribution in [-0.2, 0) is 0 Å². The molecule has 0 spiro atoms. The number of methoxy groups -OCH3 is 1. The summed E-state index contributed by atoms with van der Waals surface area (Å²) in [6, 6.07) is 8.02. The Morgan fingerprint density at radius 1 is 1.39 bits per heavy atom. The molecule has 1 saturated heterocycles. The number of nitrogens with zero attached hydrogens (tertiary/aromatic N) is 1. The summed E-state index contributed by atoms with van der Waals surface area (Å²) < 4.78 is 5.24. The Morgan fingerprint density at radius 3 is 3.11 bits per heavy atom. The molecule has 4 nitrogen and oxygen atoms in total. The minimum absolute atomic E-state index is 0.518. The largest absolute Gasteiger partial charge is 0.497 e. The van der Waals surface area contributed by atoms with Gasteiger partial charge >= 0.3 is 0 Å². The Kier molecular flexibility index (Phi) is 3.02. The SMILES string of the molecule is COc1cccc(-c2cnc(C3CCNC3)[nH]2)c1.